The van der Waals surface area contributed by atoms with E-state index in [2.05, 4.69) is 6.58 Å². The van der Waals surface area contributed by atoms with Gasteiger partial charge in [-0.15, -0.1) is 0 Å². The van der Waals surface area contributed by atoms with Crippen molar-refractivity contribution in [2.24, 2.45) is 0 Å². The topological polar surface area (TPSA) is 63.7 Å². The number of hydrogen-bond acceptors (Lipinski definition) is 4. The monoisotopic (exact) mass is 323 g/mol. The van der Waals surface area contributed by atoms with E-state index in [0.717, 1.165) is 0 Å². The van der Waals surface area contributed by atoms with E-state index in [4.69, 9.17) is 4.74 Å². The van der Waals surface area contributed by atoms with E-state index < -0.39 is 9.84 Å². The number of carbonyl (C=O) groups is 1. The van der Waals surface area contributed by atoms with Crippen LogP contribution in [-0.2, 0) is 9.84 Å². The number of carbonyl (C=O) groups excluding carboxylic acids is 1. The molecule has 0 N–H and O–H groups in total. The summed E-state index contributed by atoms with van der Waals surface area (Å²) in [5.41, 5.74) is 0.539. The van der Waals surface area contributed by atoms with Gasteiger partial charge < -0.3 is 9.64 Å². The van der Waals surface area contributed by atoms with Gasteiger partial charge in [0.15, 0.2) is 9.84 Å². The number of benzene rings is 1. The summed E-state index contributed by atoms with van der Waals surface area (Å²) >= 11 is 0. The number of amides is 1. The Morgan fingerprint density at radius 1 is 1.41 bits per heavy atom. The molecule has 1 aromatic carbocycles. The molecule has 1 aromatic rings. The zero-order valence-electron chi connectivity index (χ0n) is 12.7. The summed E-state index contributed by atoms with van der Waals surface area (Å²) in [6.07, 6.45) is 2.17. The van der Waals surface area contributed by atoms with Gasteiger partial charge in [-0.2, -0.15) is 0 Å². The molecule has 6 heteroatoms. The smallest absolute Gasteiger partial charge is 0.254 e. The SMILES string of the molecule is C=CCOc1ccc(C(=O)N(CC)C2CCS(=O)(=O)C2)cc1. The van der Waals surface area contributed by atoms with Crippen LogP contribution in [0.5, 0.6) is 5.75 Å². The lowest BCUT2D eigenvalue weighted by molar-refractivity contribution is 0.0708. The molecule has 120 valence electrons. The molecule has 5 nitrogen and oxygen atoms in total. The molecule has 1 fully saturated rings. The fourth-order valence-corrected chi connectivity index (χ4v) is 4.33. The fraction of sp³-hybridized carbons (Fsp3) is 0.438. The largest absolute Gasteiger partial charge is 0.490 e. The summed E-state index contributed by atoms with van der Waals surface area (Å²) in [5, 5.41) is 0. The zero-order valence-corrected chi connectivity index (χ0v) is 13.5. The Hall–Kier alpha value is -1.82. The minimum atomic E-state index is -3.01. The summed E-state index contributed by atoms with van der Waals surface area (Å²) < 4.78 is 28.6. The van der Waals surface area contributed by atoms with Gasteiger partial charge in [-0.3, -0.25) is 4.79 Å². The van der Waals surface area contributed by atoms with E-state index in [1.54, 1.807) is 35.2 Å². The molecule has 1 amide bonds. The lowest BCUT2D eigenvalue weighted by atomic mass is 10.1. The number of ether oxygens (including phenoxy) is 1. The molecule has 0 saturated carbocycles. The molecule has 2 rings (SSSR count). The van der Waals surface area contributed by atoms with Gasteiger partial charge in [0, 0.05) is 18.2 Å². The fourth-order valence-electron chi connectivity index (χ4n) is 2.60. The van der Waals surface area contributed by atoms with E-state index >= 15 is 0 Å². The molecule has 1 saturated heterocycles. The van der Waals surface area contributed by atoms with Crippen molar-refractivity contribution in [3.63, 3.8) is 0 Å². The minimum Gasteiger partial charge on any atom is -0.490 e. The van der Waals surface area contributed by atoms with Gasteiger partial charge in [0.05, 0.1) is 11.5 Å². The summed E-state index contributed by atoms with van der Waals surface area (Å²) in [4.78, 5) is 14.2. The van der Waals surface area contributed by atoms with Crippen LogP contribution < -0.4 is 4.74 Å². The Bertz CT molecular complexity index is 637. The van der Waals surface area contributed by atoms with Crippen molar-refractivity contribution in [3.8, 4) is 5.75 Å². The highest BCUT2D eigenvalue weighted by molar-refractivity contribution is 7.91. The summed E-state index contributed by atoms with van der Waals surface area (Å²) in [5.74, 6) is 0.755. The van der Waals surface area contributed by atoms with E-state index in [-0.39, 0.29) is 23.5 Å². The second-order valence-corrected chi connectivity index (χ2v) is 7.50. The van der Waals surface area contributed by atoms with Crippen molar-refractivity contribution in [2.45, 2.75) is 19.4 Å². The molecule has 22 heavy (non-hydrogen) atoms. The van der Waals surface area contributed by atoms with Gasteiger partial charge in [-0.25, -0.2) is 8.42 Å². The number of nitrogens with zero attached hydrogens (tertiary/aromatic N) is 1. The highest BCUT2D eigenvalue weighted by Gasteiger charge is 2.34. The van der Waals surface area contributed by atoms with Crippen LogP contribution in [0.15, 0.2) is 36.9 Å². The first kappa shape index (κ1) is 16.5. The van der Waals surface area contributed by atoms with Crippen LogP contribution in [0, 0.1) is 0 Å². The molecule has 1 unspecified atom stereocenters. The van der Waals surface area contributed by atoms with Gasteiger partial charge in [0.25, 0.3) is 5.91 Å². The van der Waals surface area contributed by atoms with Crippen LogP contribution >= 0.6 is 0 Å². The predicted molar refractivity (Wildman–Crippen MR) is 85.9 cm³/mol. The number of rotatable bonds is 6. The lowest BCUT2D eigenvalue weighted by Crippen LogP contribution is -2.40. The van der Waals surface area contributed by atoms with Crippen LogP contribution in [0.4, 0.5) is 0 Å². The van der Waals surface area contributed by atoms with Crippen molar-refractivity contribution < 1.29 is 17.9 Å². The zero-order chi connectivity index (χ0) is 16.2. The Labute approximate surface area is 131 Å². The Balaban J connectivity index is 2.10. The Morgan fingerprint density at radius 3 is 2.59 bits per heavy atom. The van der Waals surface area contributed by atoms with Crippen LogP contribution in [-0.4, -0.2) is 49.9 Å². The molecule has 0 bridgehead atoms. The Kier molecular flexibility index (Phi) is 5.24. The van der Waals surface area contributed by atoms with Gasteiger partial charge in [0.2, 0.25) is 0 Å². The second-order valence-electron chi connectivity index (χ2n) is 5.27. The normalized spacial score (nSPS) is 19.6. The molecule has 0 aromatic heterocycles. The maximum atomic E-state index is 12.6. The van der Waals surface area contributed by atoms with Crippen molar-refractivity contribution in [3.05, 3.63) is 42.5 Å². The van der Waals surface area contributed by atoms with Crippen molar-refractivity contribution >= 4 is 15.7 Å². The van der Waals surface area contributed by atoms with E-state index in [0.29, 0.717) is 30.9 Å². The van der Waals surface area contributed by atoms with E-state index in [9.17, 15) is 13.2 Å². The van der Waals surface area contributed by atoms with Crippen LogP contribution in [0.25, 0.3) is 0 Å². The summed E-state index contributed by atoms with van der Waals surface area (Å²) in [6, 6.07) is 6.64. The van der Waals surface area contributed by atoms with E-state index in [1.807, 2.05) is 6.92 Å². The van der Waals surface area contributed by atoms with Gasteiger partial charge in [-0.05, 0) is 37.6 Å². The molecule has 1 aliphatic heterocycles. The van der Waals surface area contributed by atoms with Crippen molar-refractivity contribution in [1.29, 1.82) is 0 Å². The number of hydrogen-bond donors (Lipinski definition) is 0. The minimum absolute atomic E-state index is 0.0626. The molecule has 1 heterocycles. The molecule has 1 atom stereocenters. The molecule has 0 spiro atoms. The third-order valence-electron chi connectivity index (χ3n) is 3.72. The maximum Gasteiger partial charge on any atom is 0.254 e. The standard InChI is InChI=1S/C16H21NO4S/c1-3-10-21-15-7-5-13(6-8-15)16(18)17(4-2)14-9-11-22(19,20)12-14/h3,5-8,14H,1,4,9-12H2,2H3. The predicted octanol–water partition coefficient (Wildman–Crippen LogP) is 1.90. The van der Waals surface area contributed by atoms with Crippen LogP contribution in [0.2, 0.25) is 0 Å². The maximum absolute atomic E-state index is 12.6. The van der Waals surface area contributed by atoms with Crippen molar-refractivity contribution in [1.82, 2.24) is 4.90 Å². The van der Waals surface area contributed by atoms with Gasteiger partial charge >= 0.3 is 0 Å². The quantitative estimate of drug-likeness (QED) is 0.750. The lowest BCUT2D eigenvalue weighted by Gasteiger charge is -2.27. The van der Waals surface area contributed by atoms with Crippen LogP contribution in [0.3, 0.4) is 0 Å². The number of sulfone groups is 1. The van der Waals surface area contributed by atoms with Gasteiger partial charge in [-0.1, -0.05) is 12.7 Å². The molecular formula is C16H21NO4S. The van der Waals surface area contributed by atoms with E-state index in [1.165, 1.54) is 0 Å². The first-order chi connectivity index (χ1) is 10.5. The van der Waals surface area contributed by atoms with Crippen LogP contribution in [0.1, 0.15) is 23.7 Å². The average molecular weight is 323 g/mol. The molecule has 0 aliphatic carbocycles. The van der Waals surface area contributed by atoms with Gasteiger partial charge in [0.1, 0.15) is 12.4 Å². The Morgan fingerprint density at radius 2 is 2.09 bits per heavy atom. The summed E-state index contributed by atoms with van der Waals surface area (Å²) in [6.45, 7) is 6.35. The highest BCUT2D eigenvalue weighted by atomic mass is 32.2. The molecule has 1 aliphatic rings. The first-order valence-electron chi connectivity index (χ1n) is 7.32. The highest BCUT2D eigenvalue weighted by Crippen LogP contribution is 2.21. The molecule has 0 radical (unpaired) electrons. The summed E-state index contributed by atoms with van der Waals surface area (Å²) in [7, 11) is -3.01. The third-order valence-corrected chi connectivity index (χ3v) is 5.47. The molecular weight excluding hydrogens is 302 g/mol. The second kappa shape index (κ2) is 6.96. The first-order valence-corrected chi connectivity index (χ1v) is 9.14. The third kappa shape index (κ3) is 3.88. The van der Waals surface area contributed by atoms with Crippen molar-refractivity contribution in [2.75, 3.05) is 24.7 Å². The average Bonchev–Trinajstić information content (AvgIpc) is 2.86.